The second-order valence-corrected chi connectivity index (χ2v) is 6.07. The lowest BCUT2D eigenvalue weighted by Crippen LogP contribution is -2.38. The predicted octanol–water partition coefficient (Wildman–Crippen LogP) is 1.42. The minimum atomic E-state index is -0.610. The van der Waals surface area contributed by atoms with E-state index in [0.717, 1.165) is 0 Å². The molecule has 26 heavy (non-hydrogen) atoms. The van der Waals surface area contributed by atoms with Crippen LogP contribution in [-0.4, -0.2) is 41.9 Å². The largest absolute Gasteiger partial charge is 0.456 e. The molecule has 142 valence electrons. The Bertz CT molecular complexity index is 657. The van der Waals surface area contributed by atoms with Crippen molar-refractivity contribution in [2.24, 2.45) is 5.92 Å². The highest BCUT2D eigenvalue weighted by Crippen LogP contribution is 2.11. The number of nitro benzene ring substituents is 1. The van der Waals surface area contributed by atoms with Gasteiger partial charge in [0, 0.05) is 30.3 Å². The van der Waals surface area contributed by atoms with Gasteiger partial charge in [0.1, 0.15) is 0 Å². The molecule has 1 aromatic rings. The van der Waals surface area contributed by atoms with E-state index < -0.39 is 16.8 Å². The van der Waals surface area contributed by atoms with Crippen molar-refractivity contribution in [1.82, 2.24) is 10.6 Å². The Hall–Kier alpha value is -2.97. The van der Waals surface area contributed by atoms with Crippen molar-refractivity contribution < 1.29 is 24.0 Å². The van der Waals surface area contributed by atoms with Gasteiger partial charge < -0.3 is 15.4 Å². The van der Waals surface area contributed by atoms with Gasteiger partial charge in [-0.2, -0.15) is 0 Å². The maximum Gasteiger partial charge on any atom is 0.308 e. The molecule has 1 rings (SSSR count). The number of amides is 2. The van der Waals surface area contributed by atoms with Crippen LogP contribution >= 0.6 is 0 Å². The number of hydrogen-bond donors (Lipinski definition) is 2. The minimum Gasteiger partial charge on any atom is -0.456 e. The maximum absolute atomic E-state index is 11.9. The number of rotatable bonds is 9. The molecule has 9 nitrogen and oxygen atoms in total. The van der Waals surface area contributed by atoms with E-state index in [1.165, 1.54) is 24.3 Å². The summed E-state index contributed by atoms with van der Waals surface area (Å²) < 4.78 is 4.84. The zero-order valence-electron chi connectivity index (χ0n) is 15.0. The summed E-state index contributed by atoms with van der Waals surface area (Å²) in [5.41, 5.74) is 0.126. The number of non-ortho nitro benzene ring substituents is 1. The Labute approximate surface area is 151 Å². The van der Waals surface area contributed by atoms with E-state index in [1.54, 1.807) is 0 Å². The fraction of sp³-hybridized carbons (Fsp3) is 0.471. The van der Waals surface area contributed by atoms with Gasteiger partial charge in [-0.25, -0.2) is 0 Å². The topological polar surface area (TPSA) is 128 Å². The summed E-state index contributed by atoms with van der Waals surface area (Å²) in [4.78, 5) is 45.0. The Morgan fingerprint density at radius 3 is 2.31 bits per heavy atom. The van der Waals surface area contributed by atoms with Crippen molar-refractivity contribution in [3.8, 4) is 0 Å². The molecule has 0 radical (unpaired) electrons. The van der Waals surface area contributed by atoms with Gasteiger partial charge in [-0.15, -0.1) is 0 Å². The molecule has 0 saturated heterocycles. The highest BCUT2D eigenvalue weighted by Gasteiger charge is 2.13. The van der Waals surface area contributed by atoms with Crippen molar-refractivity contribution in [3.05, 3.63) is 39.9 Å². The second-order valence-electron chi connectivity index (χ2n) is 6.07. The van der Waals surface area contributed by atoms with Gasteiger partial charge in [-0.1, -0.05) is 13.8 Å². The van der Waals surface area contributed by atoms with Gasteiger partial charge in [0.2, 0.25) is 0 Å². The zero-order chi connectivity index (χ0) is 19.7. The number of nitro groups is 1. The molecule has 2 amide bonds. The smallest absolute Gasteiger partial charge is 0.308 e. The third-order valence-corrected chi connectivity index (χ3v) is 3.71. The standard InChI is InChI=1S/C17H23N3O6/c1-11(2)12(3)19-15(21)10-26-16(22)8-9-18-17(23)13-4-6-14(7-5-13)20(24)25/h4-7,11-12H,8-10H2,1-3H3,(H,18,23)(H,19,21)/t12-/m0/s1. The first-order chi connectivity index (χ1) is 12.2. The van der Waals surface area contributed by atoms with Crippen molar-refractivity contribution in [2.45, 2.75) is 33.2 Å². The van der Waals surface area contributed by atoms with Crippen LogP contribution < -0.4 is 10.6 Å². The lowest BCUT2D eigenvalue weighted by atomic mass is 10.1. The number of benzene rings is 1. The number of hydrogen-bond acceptors (Lipinski definition) is 6. The lowest BCUT2D eigenvalue weighted by Gasteiger charge is -2.17. The van der Waals surface area contributed by atoms with Crippen LogP contribution in [0.2, 0.25) is 0 Å². The number of carbonyl (C=O) groups excluding carboxylic acids is 3. The van der Waals surface area contributed by atoms with E-state index in [0.29, 0.717) is 0 Å². The summed E-state index contributed by atoms with van der Waals surface area (Å²) >= 11 is 0. The van der Waals surface area contributed by atoms with E-state index >= 15 is 0 Å². The van der Waals surface area contributed by atoms with Crippen LogP contribution in [0.25, 0.3) is 0 Å². The van der Waals surface area contributed by atoms with Gasteiger partial charge in [0.15, 0.2) is 6.61 Å². The van der Waals surface area contributed by atoms with Crippen LogP contribution in [-0.2, 0) is 14.3 Å². The molecule has 1 aromatic carbocycles. The van der Waals surface area contributed by atoms with E-state index in [-0.39, 0.29) is 48.7 Å². The third-order valence-electron chi connectivity index (χ3n) is 3.71. The quantitative estimate of drug-likeness (QED) is 0.387. The van der Waals surface area contributed by atoms with Crippen LogP contribution in [0, 0.1) is 16.0 Å². The molecule has 1 atom stereocenters. The number of ether oxygens (including phenoxy) is 1. The van der Waals surface area contributed by atoms with Gasteiger partial charge >= 0.3 is 5.97 Å². The normalized spacial score (nSPS) is 11.5. The Morgan fingerprint density at radius 2 is 1.77 bits per heavy atom. The van der Waals surface area contributed by atoms with Crippen molar-refractivity contribution in [3.63, 3.8) is 0 Å². The summed E-state index contributed by atoms with van der Waals surface area (Å²) in [5.74, 6) is -1.18. The summed E-state index contributed by atoms with van der Waals surface area (Å²) in [6.45, 7) is 5.44. The molecule has 0 aromatic heterocycles. The third kappa shape index (κ3) is 7.29. The maximum atomic E-state index is 11.9. The number of nitrogens with zero attached hydrogens (tertiary/aromatic N) is 1. The van der Waals surface area contributed by atoms with Crippen molar-refractivity contribution in [1.29, 1.82) is 0 Å². The molecule has 0 bridgehead atoms. The molecule has 0 aliphatic rings. The van der Waals surface area contributed by atoms with Crippen molar-refractivity contribution >= 4 is 23.5 Å². The number of carbonyl (C=O) groups is 3. The molecule has 0 heterocycles. The van der Waals surface area contributed by atoms with E-state index in [9.17, 15) is 24.5 Å². The second kappa shape index (κ2) is 10.1. The van der Waals surface area contributed by atoms with E-state index in [1.807, 2.05) is 20.8 Å². The monoisotopic (exact) mass is 365 g/mol. The lowest BCUT2D eigenvalue weighted by molar-refractivity contribution is -0.384. The average molecular weight is 365 g/mol. The molecule has 0 spiro atoms. The molecule has 0 aliphatic carbocycles. The number of esters is 1. The molecular formula is C17H23N3O6. The van der Waals surface area contributed by atoms with E-state index in [2.05, 4.69) is 10.6 Å². The molecule has 0 saturated carbocycles. The predicted molar refractivity (Wildman–Crippen MR) is 93.4 cm³/mol. The highest BCUT2D eigenvalue weighted by molar-refractivity contribution is 5.94. The molecule has 2 N–H and O–H groups in total. The van der Waals surface area contributed by atoms with Gasteiger partial charge in [0.05, 0.1) is 11.3 Å². The minimum absolute atomic E-state index is 0.0258. The van der Waals surface area contributed by atoms with Crippen LogP contribution in [0.5, 0.6) is 0 Å². The van der Waals surface area contributed by atoms with Gasteiger partial charge in [-0.3, -0.25) is 24.5 Å². The van der Waals surface area contributed by atoms with Crippen LogP contribution in [0.1, 0.15) is 37.6 Å². The fourth-order valence-corrected chi connectivity index (χ4v) is 1.80. The Kier molecular flexibility index (Phi) is 8.20. The first-order valence-electron chi connectivity index (χ1n) is 8.18. The molecular weight excluding hydrogens is 342 g/mol. The highest BCUT2D eigenvalue weighted by atomic mass is 16.6. The molecule has 0 fully saturated rings. The van der Waals surface area contributed by atoms with Crippen LogP contribution in [0.4, 0.5) is 5.69 Å². The van der Waals surface area contributed by atoms with Gasteiger partial charge in [0.25, 0.3) is 17.5 Å². The number of nitrogens with one attached hydrogen (secondary N) is 2. The van der Waals surface area contributed by atoms with Crippen LogP contribution in [0.15, 0.2) is 24.3 Å². The molecule has 9 heteroatoms. The summed E-state index contributed by atoms with van der Waals surface area (Å²) in [6.07, 6.45) is -0.0915. The summed E-state index contributed by atoms with van der Waals surface area (Å²) in [5, 5.41) is 15.8. The first-order valence-corrected chi connectivity index (χ1v) is 8.18. The fourth-order valence-electron chi connectivity index (χ4n) is 1.80. The summed E-state index contributed by atoms with van der Waals surface area (Å²) in [7, 11) is 0. The van der Waals surface area contributed by atoms with Gasteiger partial charge in [-0.05, 0) is 25.0 Å². The molecule has 0 unspecified atom stereocenters. The Balaban J connectivity index is 2.29. The molecule has 0 aliphatic heterocycles. The van der Waals surface area contributed by atoms with Crippen molar-refractivity contribution in [2.75, 3.05) is 13.2 Å². The summed E-state index contributed by atoms with van der Waals surface area (Å²) in [6, 6.07) is 5.07. The zero-order valence-corrected chi connectivity index (χ0v) is 15.0. The van der Waals surface area contributed by atoms with E-state index in [4.69, 9.17) is 4.74 Å². The Morgan fingerprint density at radius 1 is 1.15 bits per heavy atom. The average Bonchev–Trinajstić information content (AvgIpc) is 2.59. The SMILES string of the molecule is CC(C)[C@H](C)NC(=O)COC(=O)CCNC(=O)c1ccc([N+](=O)[O-])cc1. The van der Waals surface area contributed by atoms with Crippen LogP contribution in [0.3, 0.4) is 0 Å². The first kappa shape index (κ1) is 21.1.